The third-order valence-electron chi connectivity index (χ3n) is 3.04. The Morgan fingerprint density at radius 3 is 3.00 bits per heavy atom. The summed E-state index contributed by atoms with van der Waals surface area (Å²) in [4.78, 5) is 2.63. The van der Waals surface area contributed by atoms with Gasteiger partial charge in [0.2, 0.25) is 0 Å². The van der Waals surface area contributed by atoms with E-state index in [9.17, 15) is 0 Å². The second-order valence-electron chi connectivity index (χ2n) is 4.41. The van der Waals surface area contributed by atoms with Gasteiger partial charge >= 0.3 is 0 Å². The van der Waals surface area contributed by atoms with Gasteiger partial charge in [-0.05, 0) is 32.9 Å². The molecule has 1 unspecified atom stereocenters. The zero-order valence-electron chi connectivity index (χ0n) is 10.7. The maximum absolute atomic E-state index is 4.98. The van der Waals surface area contributed by atoms with Gasteiger partial charge in [0.05, 0.1) is 6.61 Å². The molecule has 1 heterocycles. The largest absolute Gasteiger partial charge is 0.383 e. The minimum absolute atomic E-state index is 0.778. The van der Waals surface area contributed by atoms with Gasteiger partial charge < -0.3 is 10.1 Å². The normalized spacial score (nSPS) is 22.5. The third-order valence-corrected chi connectivity index (χ3v) is 4.23. The van der Waals surface area contributed by atoms with Crippen molar-refractivity contribution in [1.82, 2.24) is 10.2 Å². The molecule has 1 aliphatic heterocycles. The van der Waals surface area contributed by atoms with Crippen LogP contribution in [0.25, 0.3) is 0 Å². The van der Waals surface area contributed by atoms with E-state index in [1.165, 1.54) is 37.4 Å². The fourth-order valence-electron chi connectivity index (χ4n) is 1.96. The molecule has 3 nitrogen and oxygen atoms in total. The molecule has 0 aromatic heterocycles. The summed E-state index contributed by atoms with van der Waals surface area (Å²) in [6, 6.07) is 0.778. The zero-order chi connectivity index (χ0) is 11.6. The van der Waals surface area contributed by atoms with Crippen molar-refractivity contribution in [3.05, 3.63) is 0 Å². The summed E-state index contributed by atoms with van der Waals surface area (Å²) in [6.45, 7) is 7.83. The molecule has 0 bridgehead atoms. The SMILES string of the molecule is COCCNCCCCN1CCSCC1C. The summed E-state index contributed by atoms with van der Waals surface area (Å²) in [6.07, 6.45) is 2.59. The molecular weight excluding hydrogens is 220 g/mol. The molecule has 0 amide bonds. The molecular formula is C12H26N2OS. The van der Waals surface area contributed by atoms with E-state index in [4.69, 9.17) is 4.74 Å². The standard InChI is InChI=1S/C12H26N2OS/c1-12-11-16-10-8-14(12)7-4-3-5-13-6-9-15-2/h12-13H,3-11H2,1-2H3. The van der Waals surface area contributed by atoms with Crippen molar-refractivity contribution in [3.8, 4) is 0 Å². The van der Waals surface area contributed by atoms with Gasteiger partial charge in [0.15, 0.2) is 0 Å². The number of nitrogens with zero attached hydrogens (tertiary/aromatic N) is 1. The van der Waals surface area contributed by atoms with Gasteiger partial charge in [0.25, 0.3) is 0 Å². The predicted octanol–water partition coefficient (Wildman–Crippen LogP) is 1.44. The lowest BCUT2D eigenvalue weighted by Gasteiger charge is -2.32. The number of ether oxygens (including phenoxy) is 1. The number of hydrogen-bond donors (Lipinski definition) is 1. The number of methoxy groups -OCH3 is 1. The number of hydrogen-bond acceptors (Lipinski definition) is 4. The van der Waals surface area contributed by atoms with E-state index in [-0.39, 0.29) is 0 Å². The number of unbranched alkanes of at least 4 members (excludes halogenated alkanes) is 1. The van der Waals surface area contributed by atoms with Crippen LogP contribution in [-0.2, 0) is 4.74 Å². The Hall–Kier alpha value is 0.230. The topological polar surface area (TPSA) is 24.5 Å². The minimum atomic E-state index is 0.778. The smallest absolute Gasteiger partial charge is 0.0587 e. The summed E-state index contributed by atoms with van der Waals surface area (Å²) in [5.74, 6) is 2.63. The second kappa shape index (κ2) is 9.28. The molecule has 96 valence electrons. The molecule has 0 saturated carbocycles. The molecule has 1 N–H and O–H groups in total. The Kier molecular flexibility index (Phi) is 8.29. The highest BCUT2D eigenvalue weighted by molar-refractivity contribution is 7.99. The van der Waals surface area contributed by atoms with Crippen LogP contribution < -0.4 is 5.32 Å². The average Bonchev–Trinajstić information content (AvgIpc) is 2.30. The highest BCUT2D eigenvalue weighted by Crippen LogP contribution is 2.16. The van der Waals surface area contributed by atoms with Crippen molar-refractivity contribution in [1.29, 1.82) is 0 Å². The van der Waals surface area contributed by atoms with Crippen LogP contribution in [0, 0.1) is 0 Å². The Labute approximate surface area is 104 Å². The van der Waals surface area contributed by atoms with E-state index in [1.807, 2.05) is 0 Å². The third kappa shape index (κ3) is 6.09. The molecule has 1 fully saturated rings. The first kappa shape index (κ1) is 14.3. The van der Waals surface area contributed by atoms with Gasteiger partial charge in [-0.2, -0.15) is 11.8 Å². The first-order valence-electron chi connectivity index (χ1n) is 6.36. The molecule has 0 aromatic rings. The summed E-state index contributed by atoms with van der Waals surface area (Å²) >= 11 is 2.09. The van der Waals surface area contributed by atoms with Crippen molar-refractivity contribution in [2.24, 2.45) is 0 Å². The van der Waals surface area contributed by atoms with E-state index in [0.29, 0.717) is 0 Å². The lowest BCUT2D eigenvalue weighted by atomic mass is 10.2. The summed E-state index contributed by atoms with van der Waals surface area (Å²) in [7, 11) is 1.75. The molecule has 1 rings (SSSR count). The molecule has 0 radical (unpaired) electrons. The van der Waals surface area contributed by atoms with Crippen molar-refractivity contribution >= 4 is 11.8 Å². The van der Waals surface area contributed by atoms with Crippen LogP contribution in [0.2, 0.25) is 0 Å². The lowest BCUT2D eigenvalue weighted by molar-refractivity contribution is 0.198. The maximum Gasteiger partial charge on any atom is 0.0587 e. The predicted molar refractivity (Wildman–Crippen MR) is 72.3 cm³/mol. The molecule has 1 aliphatic rings. The molecule has 0 spiro atoms. The molecule has 1 saturated heterocycles. The van der Waals surface area contributed by atoms with Gasteiger partial charge in [-0.25, -0.2) is 0 Å². The van der Waals surface area contributed by atoms with Gasteiger partial charge in [-0.3, -0.25) is 4.90 Å². The van der Waals surface area contributed by atoms with Gasteiger partial charge in [-0.15, -0.1) is 0 Å². The minimum Gasteiger partial charge on any atom is -0.383 e. The van der Waals surface area contributed by atoms with Crippen molar-refractivity contribution in [3.63, 3.8) is 0 Å². The Morgan fingerprint density at radius 2 is 2.25 bits per heavy atom. The Balaban J connectivity index is 1.90. The number of rotatable bonds is 8. The summed E-state index contributed by atoms with van der Waals surface area (Å²) < 4.78 is 4.98. The highest BCUT2D eigenvalue weighted by atomic mass is 32.2. The molecule has 1 atom stereocenters. The van der Waals surface area contributed by atoms with Crippen molar-refractivity contribution in [2.75, 3.05) is 51.4 Å². The highest BCUT2D eigenvalue weighted by Gasteiger charge is 2.17. The van der Waals surface area contributed by atoms with Crippen LogP contribution >= 0.6 is 11.8 Å². The van der Waals surface area contributed by atoms with Gasteiger partial charge in [-0.1, -0.05) is 0 Å². The van der Waals surface area contributed by atoms with Crippen LogP contribution in [0.15, 0.2) is 0 Å². The Morgan fingerprint density at radius 1 is 1.38 bits per heavy atom. The molecule has 16 heavy (non-hydrogen) atoms. The van der Waals surface area contributed by atoms with Crippen molar-refractivity contribution < 1.29 is 4.74 Å². The molecule has 0 aromatic carbocycles. The van der Waals surface area contributed by atoms with E-state index in [0.717, 1.165) is 25.7 Å². The van der Waals surface area contributed by atoms with E-state index < -0.39 is 0 Å². The van der Waals surface area contributed by atoms with Crippen LogP contribution in [0.5, 0.6) is 0 Å². The van der Waals surface area contributed by atoms with E-state index >= 15 is 0 Å². The number of nitrogens with one attached hydrogen (secondary N) is 1. The monoisotopic (exact) mass is 246 g/mol. The summed E-state index contributed by atoms with van der Waals surface area (Å²) in [5, 5.41) is 3.39. The van der Waals surface area contributed by atoms with Gasteiger partial charge in [0, 0.05) is 37.7 Å². The van der Waals surface area contributed by atoms with Crippen LogP contribution in [-0.4, -0.2) is 62.3 Å². The summed E-state index contributed by atoms with van der Waals surface area (Å²) in [5.41, 5.74) is 0. The van der Waals surface area contributed by atoms with Crippen LogP contribution in [0.1, 0.15) is 19.8 Å². The maximum atomic E-state index is 4.98. The fraction of sp³-hybridized carbons (Fsp3) is 1.00. The molecule has 4 heteroatoms. The lowest BCUT2D eigenvalue weighted by Crippen LogP contribution is -2.40. The quantitative estimate of drug-likeness (QED) is 0.655. The van der Waals surface area contributed by atoms with Crippen LogP contribution in [0.3, 0.4) is 0 Å². The Bertz CT molecular complexity index is 169. The van der Waals surface area contributed by atoms with Crippen LogP contribution in [0.4, 0.5) is 0 Å². The zero-order valence-corrected chi connectivity index (χ0v) is 11.5. The number of thioether (sulfide) groups is 1. The molecule has 0 aliphatic carbocycles. The van der Waals surface area contributed by atoms with Crippen molar-refractivity contribution in [2.45, 2.75) is 25.8 Å². The first-order valence-corrected chi connectivity index (χ1v) is 7.51. The first-order chi connectivity index (χ1) is 7.84. The van der Waals surface area contributed by atoms with E-state index in [1.54, 1.807) is 7.11 Å². The average molecular weight is 246 g/mol. The second-order valence-corrected chi connectivity index (χ2v) is 5.56. The fourth-order valence-corrected chi connectivity index (χ4v) is 3.04. The van der Waals surface area contributed by atoms with E-state index in [2.05, 4.69) is 28.9 Å². The van der Waals surface area contributed by atoms with Gasteiger partial charge in [0.1, 0.15) is 0 Å².